The molecular weight excluding hydrogens is 277 g/mol. The van der Waals surface area contributed by atoms with Crippen LogP contribution in [0.25, 0.3) is 11.0 Å². The van der Waals surface area contributed by atoms with E-state index in [1.165, 1.54) is 25.2 Å². The van der Waals surface area contributed by atoms with E-state index in [9.17, 15) is 14.0 Å². The summed E-state index contributed by atoms with van der Waals surface area (Å²) in [6.45, 7) is 3.33. The molecule has 0 saturated heterocycles. The van der Waals surface area contributed by atoms with Gasteiger partial charge in [-0.15, -0.1) is 0 Å². The Labute approximate surface area is 121 Å². The van der Waals surface area contributed by atoms with Crippen LogP contribution in [0.2, 0.25) is 0 Å². The Bertz CT molecular complexity index is 707. The van der Waals surface area contributed by atoms with Crippen LogP contribution in [0.15, 0.2) is 22.6 Å². The molecule has 2 rings (SSSR count). The maximum atomic E-state index is 13.3. The summed E-state index contributed by atoms with van der Waals surface area (Å²) in [5.41, 5.74) is 0.899. The van der Waals surface area contributed by atoms with Gasteiger partial charge in [0.15, 0.2) is 5.76 Å². The molecule has 1 amide bonds. The van der Waals surface area contributed by atoms with E-state index in [-0.39, 0.29) is 12.2 Å². The molecule has 0 aliphatic rings. The Hall–Kier alpha value is -2.37. The summed E-state index contributed by atoms with van der Waals surface area (Å²) in [6, 6.07) is 3.06. The molecule has 0 spiro atoms. The van der Waals surface area contributed by atoms with Crippen LogP contribution in [0, 0.1) is 12.7 Å². The first-order valence-electron chi connectivity index (χ1n) is 6.55. The van der Waals surface area contributed by atoms with Crippen molar-refractivity contribution in [1.29, 1.82) is 0 Å². The predicted octanol–water partition coefficient (Wildman–Crippen LogP) is 2.82. The largest absolute Gasteiger partial charge is 0.480 e. The minimum Gasteiger partial charge on any atom is -0.480 e. The van der Waals surface area contributed by atoms with Gasteiger partial charge in [-0.1, -0.05) is 6.92 Å². The highest BCUT2D eigenvalue weighted by atomic mass is 19.1. The van der Waals surface area contributed by atoms with Crippen LogP contribution in [-0.2, 0) is 4.79 Å². The van der Waals surface area contributed by atoms with E-state index < -0.39 is 23.7 Å². The Morgan fingerprint density at radius 1 is 1.43 bits per heavy atom. The van der Waals surface area contributed by atoms with E-state index in [2.05, 4.69) is 0 Å². The molecule has 6 heteroatoms. The molecule has 0 radical (unpaired) electrons. The van der Waals surface area contributed by atoms with Crippen molar-refractivity contribution >= 4 is 22.8 Å². The van der Waals surface area contributed by atoms with Crippen LogP contribution in [0.1, 0.15) is 29.5 Å². The summed E-state index contributed by atoms with van der Waals surface area (Å²) in [7, 11) is 1.41. The molecule has 21 heavy (non-hydrogen) atoms. The molecule has 1 aromatic carbocycles. The lowest BCUT2D eigenvalue weighted by Gasteiger charge is -2.22. The van der Waals surface area contributed by atoms with Gasteiger partial charge in [-0.25, -0.2) is 9.18 Å². The zero-order valence-corrected chi connectivity index (χ0v) is 12.0. The van der Waals surface area contributed by atoms with Crippen LogP contribution >= 0.6 is 0 Å². The monoisotopic (exact) mass is 293 g/mol. The summed E-state index contributed by atoms with van der Waals surface area (Å²) >= 11 is 0. The molecule has 5 nitrogen and oxygen atoms in total. The Kier molecular flexibility index (Phi) is 3.97. The highest BCUT2D eigenvalue weighted by molar-refractivity contribution is 6.00. The van der Waals surface area contributed by atoms with Gasteiger partial charge in [-0.3, -0.25) is 4.79 Å². The van der Waals surface area contributed by atoms with E-state index >= 15 is 0 Å². The van der Waals surface area contributed by atoms with Gasteiger partial charge in [0.05, 0.1) is 0 Å². The third-order valence-electron chi connectivity index (χ3n) is 3.55. The Morgan fingerprint density at radius 2 is 2.10 bits per heavy atom. The van der Waals surface area contributed by atoms with Gasteiger partial charge in [0, 0.05) is 18.0 Å². The number of hydrogen-bond donors (Lipinski definition) is 1. The number of carboxylic acid groups (broad SMARTS) is 1. The van der Waals surface area contributed by atoms with E-state index in [1.807, 2.05) is 0 Å². The highest BCUT2D eigenvalue weighted by Gasteiger charge is 2.29. The summed E-state index contributed by atoms with van der Waals surface area (Å²) in [4.78, 5) is 24.7. The number of furan rings is 1. The van der Waals surface area contributed by atoms with Crippen LogP contribution < -0.4 is 0 Å². The zero-order chi connectivity index (χ0) is 15.7. The first-order chi connectivity index (χ1) is 9.86. The number of rotatable bonds is 4. The number of fused-ring (bicyclic) bond motifs is 1. The molecule has 1 atom stereocenters. The average molecular weight is 293 g/mol. The van der Waals surface area contributed by atoms with Crippen LogP contribution in [0.5, 0.6) is 0 Å². The Morgan fingerprint density at radius 3 is 2.67 bits per heavy atom. The van der Waals surface area contributed by atoms with Crippen LogP contribution in [0.3, 0.4) is 0 Å². The fraction of sp³-hybridized carbons (Fsp3) is 0.333. The molecule has 1 unspecified atom stereocenters. The maximum absolute atomic E-state index is 13.3. The number of carbonyl (C=O) groups excluding carboxylic acids is 1. The summed E-state index contributed by atoms with van der Waals surface area (Å²) in [6.07, 6.45) is 0.283. The zero-order valence-electron chi connectivity index (χ0n) is 12.0. The lowest BCUT2D eigenvalue weighted by molar-refractivity contribution is -0.142. The molecule has 1 N–H and O–H groups in total. The van der Waals surface area contributed by atoms with Crippen molar-refractivity contribution in [3.05, 3.63) is 35.3 Å². The van der Waals surface area contributed by atoms with Gasteiger partial charge in [-0.2, -0.15) is 0 Å². The number of aryl methyl sites for hydroxylation is 1. The first kappa shape index (κ1) is 15.0. The molecule has 112 valence electrons. The van der Waals surface area contributed by atoms with Crippen molar-refractivity contribution in [2.45, 2.75) is 26.3 Å². The summed E-state index contributed by atoms with van der Waals surface area (Å²) in [5, 5.41) is 9.62. The smallest absolute Gasteiger partial charge is 0.326 e. The van der Waals surface area contributed by atoms with Gasteiger partial charge in [0.25, 0.3) is 5.91 Å². The third-order valence-corrected chi connectivity index (χ3v) is 3.55. The summed E-state index contributed by atoms with van der Waals surface area (Å²) < 4.78 is 18.7. The minimum absolute atomic E-state index is 0.0396. The van der Waals surface area contributed by atoms with Crippen molar-refractivity contribution in [2.24, 2.45) is 0 Å². The highest BCUT2D eigenvalue weighted by Crippen LogP contribution is 2.27. The van der Waals surface area contributed by atoms with Gasteiger partial charge in [0.2, 0.25) is 0 Å². The normalized spacial score (nSPS) is 12.4. The predicted molar refractivity (Wildman–Crippen MR) is 74.7 cm³/mol. The lowest BCUT2D eigenvalue weighted by Crippen LogP contribution is -2.42. The second kappa shape index (κ2) is 5.55. The summed E-state index contributed by atoms with van der Waals surface area (Å²) in [5.74, 6) is -1.99. The molecule has 0 fully saturated rings. The van der Waals surface area contributed by atoms with E-state index in [0.29, 0.717) is 16.5 Å². The molecule has 0 aliphatic heterocycles. The number of benzene rings is 1. The average Bonchev–Trinajstić information content (AvgIpc) is 2.75. The molecular formula is C15H16FNO4. The molecule has 1 aromatic heterocycles. The van der Waals surface area contributed by atoms with Crippen molar-refractivity contribution in [3.63, 3.8) is 0 Å². The fourth-order valence-electron chi connectivity index (χ4n) is 2.31. The maximum Gasteiger partial charge on any atom is 0.326 e. The van der Waals surface area contributed by atoms with Crippen LogP contribution in [-0.4, -0.2) is 35.0 Å². The van der Waals surface area contributed by atoms with Crippen molar-refractivity contribution in [3.8, 4) is 0 Å². The number of hydrogen-bond acceptors (Lipinski definition) is 3. The topological polar surface area (TPSA) is 70.8 Å². The number of nitrogens with zero attached hydrogens (tertiary/aromatic N) is 1. The molecule has 0 aliphatic carbocycles. The Balaban J connectivity index is 2.44. The van der Waals surface area contributed by atoms with Crippen molar-refractivity contribution < 1.29 is 23.5 Å². The lowest BCUT2D eigenvalue weighted by atomic mass is 10.1. The standard InChI is InChI=1S/C15H16FNO4/c1-4-11(15(19)20)17(3)14(18)13-8(2)10-7-9(16)5-6-12(10)21-13/h5-7,11H,4H2,1-3H3,(H,19,20). The first-order valence-corrected chi connectivity index (χ1v) is 6.55. The number of halogens is 1. The SMILES string of the molecule is CCC(C(=O)O)N(C)C(=O)c1oc2ccc(F)cc2c1C. The molecule has 0 saturated carbocycles. The molecule has 2 aromatic rings. The van der Waals surface area contributed by atoms with Crippen LogP contribution in [0.4, 0.5) is 4.39 Å². The van der Waals surface area contributed by atoms with Gasteiger partial charge >= 0.3 is 5.97 Å². The quantitative estimate of drug-likeness (QED) is 0.941. The van der Waals surface area contributed by atoms with Gasteiger partial charge < -0.3 is 14.4 Å². The minimum atomic E-state index is -1.08. The number of carbonyl (C=O) groups is 2. The third kappa shape index (κ3) is 2.61. The fourth-order valence-corrected chi connectivity index (χ4v) is 2.31. The number of likely N-dealkylation sites (N-methyl/N-ethyl adjacent to an activating group) is 1. The van der Waals surface area contributed by atoms with Crippen molar-refractivity contribution in [1.82, 2.24) is 4.90 Å². The second-order valence-corrected chi connectivity index (χ2v) is 4.88. The van der Waals surface area contributed by atoms with E-state index in [0.717, 1.165) is 4.90 Å². The second-order valence-electron chi connectivity index (χ2n) is 4.88. The van der Waals surface area contributed by atoms with E-state index in [4.69, 9.17) is 9.52 Å². The molecule has 0 bridgehead atoms. The number of amides is 1. The van der Waals surface area contributed by atoms with Gasteiger partial charge in [-0.05, 0) is 31.5 Å². The van der Waals surface area contributed by atoms with Crippen molar-refractivity contribution in [2.75, 3.05) is 7.05 Å². The molecule has 1 heterocycles. The van der Waals surface area contributed by atoms with Gasteiger partial charge in [0.1, 0.15) is 17.4 Å². The number of aliphatic carboxylic acids is 1. The van der Waals surface area contributed by atoms with E-state index in [1.54, 1.807) is 13.8 Å². The number of carboxylic acids is 1.